The van der Waals surface area contributed by atoms with E-state index in [4.69, 9.17) is 9.84 Å². The molecule has 25 heavy (non-hydrogen) atoms. The predicted octanol–water partition coefficient (Wildman–Crippen LogP) is 1.56. The largest absolute Gasteiger partial charge is 0.481 e. The average molecular weight is 342 g/mol. The first-order valence-electron chi connectivity index (χ1n) is 7.94. The molecule has 1 aliphatic heterocycles. The smallest absolute Gasteiger partial charge is 0.305 e. The summed E-state index contributed by atoms with van der Waals surface area (Å²) in [4.78, 5) is 40.3. The van der Waals surface area contributed by atoms with Gasteiger partial charge in [0.1, 0.15) is 0 Å². The second-order valence-corrected chi connectivity index (χ2v) is 5.83. The van der Waals surface area contributed by atoms with Gasteiger partial charge in [0.15, 0.2) is 5.78 Å². The van der Waals surface area contributed by atoms with E-state index >= 15 is 0 Å². The van der Waals surface area contributed by atoms with Crippen LogP contribution in [0.15, 0.2) is 42.7 Å². The Kier molecular flexibility index (Phi) is 4.95. The summed E-state index contributed by atoms with van der Waals surface area (Å²) in [5, 5.41) is 8.99. The van der Waals surface area contributed by atoms with Gasteiger partial charge in [-0.3, -0.25) is 14.4 Å². The molecule has 0 aliphatic carbocycles. The highest BCUT2D eigenvalue weighted by molar-refractivity contribution is 6.09. The van der Waals surface area contributed by atoms with Crippen molar-refractivity contribution in [2.24, 2.45) is 0 Å². The van der Waals surface area contributed by atoms with Gasteiger partial charge >= 0.3 is 5.97 Å². The lowest BCUT2D eigenvalue weighted by atomic mass is 10.0. The molecule has 0 spiro atoms. The first-order valence-corrected chi connectivity index (χ1v) is 7.94. The highest BCUT2D eigenvalue weighted by Gasteiger charge is 2.29. The van der Waals surface area contributed by atoms with E-state index in [0.29, 0.717) is 29.8 Å². The molecule has 2 N–H and O–H groups in total. The number of carboxylic acids is 1. The van der Waals surface area contributed by atoms with Gasteiger partial charge in [0.25, 0.3) is 5.91 Å². The van der Waals surface area contributed by atoms with E-state index in [1.54, 1.807) is 42.7 Å². The standard InChI is InChI=1S/C18H18N2O5/c21-16(22)9-15-11-25-8-7-20(15)18(24)13-3-1-12(2-4-13)17(23)14-5-6-19-10-14/h1-6,10,15,19H,7-9,11H2,(H,21,22)/t15-/m1/s1. The van der Waals surface area contributed by atoms with Crippen molar-refractivity contribution < 1.29 is 24.2 Å². The molecule has 1 saturated heterocycles. The fourth-order valence-electron chi connectivity index (χ4n) is 2.85. The summed E-state index contributed by atoms with van der Waals surface area (Å²) in [6, 6.07) is 7.60. The van der Waals surface area contributed by atoms with Crippen molar-refractivity contribution >= 4 is 17.7 Å². The fraction of sp³-hybridized carbons (Fsp3) is 0.278. The van der Waals surface area contributed by atoms with Crippen LogP contribution in [0.5, 0.6) is 0 Å². The maximum absolute atomic E-state index is 12.7. The maximum Gasteiger partial charge on any atom is 0.305 e. The Balaban J connectivity index is 1.75. The van der Waals surface area contributed by atoms with Gasteiger partial charge in [-0.2, -0.15) is 0 Å². The lowest BCUT2D eigenvalue weighted by molar-refractivity contribution is -0.139. The second-order valence-electron chi connectivity index (χ2n) is 5.83. The molecule has 1 atom stereocenters. The lowest BCUT2D eigenvalue weighted by Crippen LogP contribution is -2.49. The van der Waals surface area contributed by atoms with Crippen LogP contribution in [0.4, 0.5) is 0 Å². The minimum Gasteiger partial charge on any atom is -0.481 e. The molecule has 1 fully saturated rings. The summed E-state index contributed by atoms with van der Waals surface area (Å²) in [6.45, 7) is 0.939. The first-order chi connectivity index (χ1) is 12.1. The third kappa shape index (κ3) is 3.77. The van der Waals surface area contributed by atoms with Crippen LogP contribution in [-0.4, -0.2) is 58.5 Å². The molecule has 7 heteroatoms. The van der Waals surface area contributed by atoms with Crippen molar-refractivity contribution in [2.75, 3.05) is 19.8 Å². The number of benzene rings is 1. The number of rotatable bonds is 5. The second kappa shape index (κ2) is 7.31. The van der Waals surface area contributed by atoms with Crippen molar-refractivity contribution in [3.63, 3.8) is 0 Å². The molecular formula is C18H18N2O5. The minimum atomic E-state index is -0.972. The Morgan fingerprint density at radius 3 is 2.48 bits per heavy atom. The molecule has 1 aromatic heterocycles. The monoisotopic (exact) mass is 342 g/mol. The summed E-state index contributed by atoms with van der Waals surface area (Å²) in [5.41, 5.74) is 1.46. The summed E-state index contributed by atoms with van der Waals surface area (Å²) >= 11 is 0. The SMILES string of the molecule is O=C(O)C[C@@H]1COCCN1C(=O)c1ccc(C(=O)c2cc[nH]c2)cc1. The van der Waals surface area contributed by atoms with Gasteiger partial charge in [0, 0.05) is 35.6 Å². The summed E-state index contributed by atoms with van der Waals surface area (Å²) in [5.74, 6) is -1.36. The molecular weight excluding hydrogens is 324 g/mol. The van der Waals surface area contributed by atoms with Crippen molar-refractivity contribution in [1.29, 1.82) is 0 Å². The molecule has 1 aromatic carbocycles. The number of aromatic amines is 1. The molecule has 2 heterocycles. The van der Waals surface area contributed by atoms with E-state index in [1.807, 2.05) is 0 Å². The van der Waals surface area contributed by atoms with Crippen molar-refractivity contribution in [2.45, 2.75) is 12.5 Å². The lowest BCUT2D eigenvalue weighted by Gasteiger charge is -2.34. The van der Waals surface area contributed by atoms with Gasteiger partial charge in [-0.25, -0.2) is 0 Å². The number of hydrogen-bond acceptors (Lipinski definition) is 4. The third-order valence-electron chi connectivity index (χ3n) is 4.15. The number of carboxylic acid groups (broad SMARTS) is 1. The Morgan fingerprint density at radius 2 is 1.84 bits per heavy atom. The van der Waals surface area contributed by atoms with E-state index in [9.17, 15) is 14.4 Å². The van der Waals surface area contributed by atoms with Crippen LogP contribution in [0, 0.1) is 0 Å². The Morgan fingerprint density at radius 1 is 1.12 bits per heavy atom. The zero-order valence-electron chi connectivity index (χ0n) is 13.5. The van der Waals surface area contributed by atoms with E-state index in [2.05, 4.69) is 4.98 Å². The fourth-order valence-corrected chi connectivity index (χ4v) is 2.85. The quantitative estimate of drug-likeness (QED) is 0.803. The van der Waals surface area contributed by atoms with Crippen molar-refractivity contribution in [1.82, 2.24) is 9.88 Å². The number of aliphatic carboxylic acids is 1. The van der Waals surface area contributed by atoms with Crippen LogP contribution in [0.3, 0.4) is 0 Å². The molecule has 130 valence electrons. The van der Waals surface area contributed by atoms with Gasteiger partial charge in [-0.1, -0.05) is 12.1 Å². The van der Waals surface area contributed by atoms with Crippen LogP contribution in [0.2, 0.25) is 0 Å². The summed E-state index contributed by atoms with van der Waals surface area (Å²) in [7, 11) is 0. The number of hydrogen-bond donors (Lipinski definition) is 2. The maximum atomic E-state index is 12.7. The van der Waals surface area contributed by atoms with E-state index in [1.165, 1.54) is 4.90 Å². The predicted molar refractivity (Wildman–Crippen MR) is 88.6 cm³/mol. The molecule has 0 bridgehead atoms. The topological polar surface area (TPSA) is 99.7 Å². The number of amides is 1. The van der Waals surface area contributed by atoms with Crippen LogP contribution in [0.25, 0.3) is 0 Å². The Labute approximate surface area is 144 Å². The Hall–Kier alpha value is -2.93. The number of carbonyl (C=O) groups excluding carboxylic acids is 2. The zero-order valence-corrected chi connectivity index (χ0v) is 13.5. The highest BCUT2D eigenvalue weighted by Crippen LogP contribution is 2.17. The van der Waals surface area contributed by atoms with Crippen LogP contribution < -0.4 is 0 Å². The molecule has 0 unspecified atom stereocenters. The number of ether oxygens (including phenoxy) is 1. The van der Waals surface area contributed by atoms with Gasteiger partial charge < -0.3 is 19.7 Å². The molecule has 1 amide bonds. The number of aromatic nitrogens is 1. The first kappa shape index (κ1) is 16.9. The van der Waals surface area contributed by atoms with Crippen molar-refractivity contribution in [3.05, 3.63) is 59.4 Å². The molecule has 1 aliphatic rings. The number of nitrogens with one attached hydrogen (secondary N) is 1. The number of H-pyrrole nitrogens is 1. The van der Waals surface area contributed by atoms with Gasteiger partial charge in [0.05, 0.1) is 25.7 Å². The molecule has 7 nitrogen and oxygen atoms in total. The number of carbonyl (C=O) groups is 3. The van der Waals surface area contributed by atoms with Gasteiger partial charge in [-0.05, 0) is 18.2 Å². The molecule has 0 saturated carbocycles. The zero-order chi connectivity index (χ0) is 17.8. The third-order valence-corrected chi connectivity index (χ3v) is 4.15. The normalized spacial score (nSPS) is 17.3. The molecule has 0 radical (unpaired) electrons. The van der Waals surface area contributed by atoms with Crippen LogP contribution in [-0.2, 0) is 9.53 Å². The highest BCUT2D eigenvalue weighted by atomic mass is 16.5. The number of nitrogens with zero attached hydrogens (tertiary/aromatic N) is 1. The van der Waals surface area contributed by atoms with Crippen LogP contribution >= 0.6 is 0 Å². The van der Waals surface area contributed by atoms with E-state index in [-0.39, 0.29) is 24.7 Å². The molecule has 3 rings (SSSR count). The number of ketones is 1. The molecule has 2 aromatic rings. The van der Waals surface area contributed by atoms with Gasteiger partial charge in [-0.15, -0.1) is 0 Å². The summed E-state index contributed by atoms with van der Waals surface area (Å²) in [6.07, 6.45) is 3.13. The Bertz CT molecular complexity index is 767. The van der Waals surface area contributed by atoms with E-state index < -0.39 is 12.0 Å². The van der Waals surface area contributed by atoms with Gasteiger partial charge in [0.2, 0.25) is 0 Å². The minimum absolute atomic E-state index is 0.129. The summed E-state index contributed by atoms with van der Waals surface area (Å²) < 4.78 is 5.29. The van der Waals surface area contributed by atoms with Crippen molar-refractivity contribution in [3.8, 4) is 0 Å². The average Bonchev–Trinajstić information content (AvgIpc) is 3.15. The van der Waals surface area contributed by atoms with Crippen LogP contribution in [0.1, 0.15) is 32.7 Å². The number of morpholine rings is 1. The van der Waals surface area contributed by atoms with E-state index in [0.717, 1.165) is 0 Å².